The van der Waals surface area contributed by atoms with Gasteiger partial charge in [-0.1, -0.05) is 18.2 Å². The highest BCUT2D eigenvalue weighted by Gasteiger charge is 2.16. The summed E-state index contributed by atoms with van der Waals surface area (Å²) in [6, 6.07) is 20.3. The Labute approximate surface area is 179 Å². The van der Waals surface area contributed by atoms with E-state index in [1.807, 2.05) is 49.4 Å². The molecule has 0 N–H and O–H groups in total. The molecule has 0 spiro atoms. The lowest BCUT2D eigenvalue weighted by atomic mass is 10.2. The molecule has 2 aliphatic rings. The van der Waals surface area contributed by atoms with Crippen LogP contribution in [0.3, 0.4) is 0 Å². The molecule has 7 heteroatoms. The molecular weight excluding hydrogens is 398 g/mol. The third-order valence-electron chi connectivity index (χ3n) is 4.60. The van der Waals surface area contributed by atoms with Gasteiger partial charge in [0.1, 0.15) is 11.5 Å². The van der Waals surface area contributed by atoms with Crippen LogP contribution in [0, 0.1) is 0 Å². The van der Waals surface area contributed by atoms with Gasteiger partial charge in [-0.2, -0.15) is 0 Å². The predicted octanol–water partition coefficient (Wildman–Crippen LogP) is 5.24. The maximum Gasteiger partial charge on any atom is 0.231 e. The van der Waals surface area contributed by atoms with Gasteiger partial charge < -0.3 is 28.4 Å². The van der Waals surface area contributed by atoms with Crippen molar-refractivity contribution in [3.63, 3.8) is 0 Å². The van der Waals surface area contributed by atoms with Crippen LogP contribution in [0.2, 0.25) is 0 Å². The van der Waals surface area contributed by atoms with E-state index in [1.54, 1.807) is 30.5 Å². The largest absolute Gasteiger partial charge is 0.464 e. The Kier molecular flexibility index (Phi) is 5.06. The highest BCUT2D eigenvalue weighted by atomic mass is 16.7. The minimum atomic E-state index is 0.200. The molecule has 5 rings (SSSR count). The summed E-state index contributed by atoms with van der Waals surface area (Å²) in [5.41, 5.74) is 1.45. The van der Waals surface area contributed by atoms with Gasteiger partial charge in [-0.15, -0.1) is 0 Å². The fourth-order valence-corrected chi connectivity index (χ4v) is 3.02. The number of nitrogens with zero attached hydrogens (tertiary/aromatic N) is 1. The van der Waals surface area contributed by atoms with E-state index in [1.165, 1.54) is 0 Å². The lowest BCUT2D eigenvalue weighted by Gasteiger charge is -2.11. The summed E-state index contributed by atoms with van der Waals surface area (Å²) in [6.07, 6.45) is 1.59. The predicted molar refractivity (Wildman–Crippen MR) is 114 cm³/mol. The number of hydrogen-bond acceptors (Lipinski definition) is 7. The van der Waals surface area contributed by atoms with Crippen LogP contribution < -0.4 is 28.4 Å². The van der Waals surface area contributed by atoms with E-state index in [0.29, 0.717) is 46.0 Å². The first-order chi connectivity index (χ1) is 15.2. The highest BCUT2D eigenvalue weighted by molar-refractivity contribution is 5.96. The van der Waals surface area contributed by atoms with Gasteiger partial charge in [-0.3, -0.25) is 0 Å². The fraction of sp³-hybridized carbons (Fsp3) is 0.125. The number of aliphatic imine (C=N–C) groups is 1. The molecule has 0 aliphatic carbocycles. The standard InChI is InChI=1S/C24H19NO6/c1-16(13-26-18-7-9-20-22(11-18)29-14-27-20)24(25-17-5-3-2-4-6-17)31-19-8-10-21-23(12-19)30-15-28-21/h2-13H,14-15H2,1H3. The van der Waals surface area contributed by atoms with Crippen molar-refractivity contribution in [2.75, 3.05) is 13.6 Å². The molecule has 0 saturated heterocycles. The molecule has 0 atom stereocenters. The molecule has 0 amide bonds. The lowest BCUT2D eigenvalue weighted by Crippen LogP contribution is -2.11. The lowest BCUT2D eigenvalue weighted by molar-refractivity contribution is 0.173. The van der Waals surface area contributed by atoms with Crippen molar-refractivity contribution in [3.05, 3.63) is 78.6 Å². The summed E-state index contributed by atoms with van der Waals surface area (Å²) in [4.78, 5) is 4.65. The van der Waals surface area contributed by atoms with E-state index in [0.717, 1.165) is 5.69 Å². The number of rotatable bonds is 5. The number of para-hydroxylation sites is 1. The molecule has 2 aliphatic heterocycles. The van der Waals surface area contributed by atoms with Gasteiger partial charge in [0.25, 0.3) is 0 Å². The van der Waals surface area contributed by atoms with Crippen molar-refractivity contribution < 1.29 is 28.4 Å². The Hall–Kier alpha value is -4.13. The van der Waals surface area contributed by atoms with Gasteiger partial charge in [0.2, 0.25) is 19.5 Å². The van der Waals surface area contributed by atoms with Crippen LogP contribution in [0.15, 0.2) is 83.6 Å². The Morgan fingerprint density at radius 2 is 1.39 bits per heavy atom. The number of benzene rings is 3. The average Bonchev–Trinajstić information content (AvgIpc) is 3.46. The monoisotopic (exact) mass is 417 g/mol. The van der Waals surface area contributed by atoms with Gasteiger partial charge >= 0.3 is 0 Å². The minimum absolute atomic E-state index is 0.200. The van der Waals surface area contributed by atoms with Crippen LogP contribution in [0.25, 0.3) is 0 Å². The molecule has 7 nitrogen and oxygen atoms in total. The van der Waals surface area contributed by atoms with Crippen LogP contribution in [0.4, 0.5) is 5.69 Å². The Bertz CT molecular complexity index is 1160. The van der Waals surface area contributed by atoms with Gasteiger partial charge in [-0.25, -0.2) is 4.99 Å². The van der Waals surface area contributed by atoms with E-state index in [2.05, 4.69) is 4.99 Å². The summed E-state index contributed by atoms with van der Waals surface area (Å²) in [5.74, 6) is 4.26. The second-order valence-electron chi connectivity index (χ2n) is 6.80. The second kappa shape index (κ2) is 8.31. The van der Waals surface area contributed by atoms with E-state index in [4.69, 9.17) is 28.4 Å². The molecule has 0 fully saturated rings. The third-order valence-corrected chi connectivity index (χ3v) is 4.60. The summed E-state index contributed by atoms with van der Waals surface area (Å²) in [5, 5.41) is 0. The maximum atomic E-state index is 6.09. The van der Waals surface area contributed by atoms with E-state index in [-0.39, 0.29) is 13.6 Å². The van der Waals surface area contributed by atoms with Gasteiger partial charge in [0, 0.05) is 17.7 Å². The zero-order chi connectivity index (χ0) is 21.0. The molecule has 3 aromatic rings. The third kappa shape index (κ3) is 4.25. The molecule has 0 unspecified atom stereocenters. The molecule has 31 heavy (non-hydrogen) atoms. The topological polar surface area (TPSA) is 67.7 Å². The van der Waals surface area contributed by atoms with E-state index in [9.17, 15) is 0 Å². The van der Waals surface area contributed by atoms with Crippen molar-refractivity contribution in [3.8, 4) is 34.5 Å². The van der Waals surface area contributed by atoms with E-state index >= 15 is 0 Å². The molecule has 156 valence electrons. The van der Waals surface area contributed by atoms with E-state index < -0.39 is 0 Å². The molecule has 0 radical (unpaired) electrons. The first kappa shape index (κ1) is 18.9. The molecular formula is C24H19NO6. The van der Waals surface area contributed by atoms with Crippen molar-refractivity contribution in [1.29, 1.82) is 0 Å². The van der Waals surface area contributed by atoms with Crippen LogP contribution in [-0.4, -0.2) is 19.5 Å². The minimum Gasteiger partial charge on any atom is -0.464 e. The first-order valence-electron chi connectivity index (χ1n) is 9.69. The fourth-order valence-electron chi connectivity index (χ4n) is 3.02. The summed E-state index contributed by atoms with van der Waals surface area (Å²) in [6.45, 7) is 2.28. The van der Waals surface area contributed by atoms with Crippen molar-refractivity contribution in [2.45, 2.75) is 6.92 Å². The average molecular weight is 417 g/mol. The zero-order valence-electron chi connectivity index (χ0n) is 16.7. The number of fused-ring (bicyclic) bond motifs is 2. The van der Waals surface area contributed by atoms with Gasteiger partial charge in [-0.05, 0) is 43.3 Å². The summed E-state index contributed by atoms with van der Waals surface area (Å²) < 4.78 is 33.4. The zero-order valence-corrected chi connectivity index (χ0v) is 16.7. The maximum absolute atomic E-state index is 6.09. The van der Waals surface area contributed by atoms with Crippen LogP contribution >= 0.6 is 0 Å². The molecule has 0 aromatic heterocycles. The molecule has 0 bridgehead atoms. The smallest absolute Gasteiger partial charge is 0.231 e. The Morgan fingerprint density at radius 1 is 0.774 bits per heavy atom. The normalized spacial score (nSPS) is 14.5. The Balaban J connectivity index is 1.40. The van der Waals surface area contributed by atoms with Gasteiger partial charge in [0.05, 0.1) is 11.9 Å². The van der Waals surface area contributed by atoms with Crippen molar-refractivity contribution in [1.82, 2.24) is 0 Å². The van der Waals surface area contributed by atoms with Crippen LogP contribution in [-0.2, 0) is 0 Å². The number of hydrogen-bond donors (Lipinski definition) is 0. The van der Waals surface area contributed by atoms with Crippen molar-refractivity contribution >= 4 is 11.6 Å². The first-order valence-corrected chi connectivity index (χ1v) is 9.69. The molecule has 2 heterocycles. The summed E-state index contributed by atoms with van der Waals surface area (Å²) >= 11 is 0. The molecule has 0 saturated carbocycles. The second-order valence-corrected chi connectivity index (χ2v) is 6.80. The Morgan fingerprint density at radius 3 is 2.10 bits per heavy atom. The number of ether oxygens (including phenoxy) is 6. The molecule has 3 aromatic carbocycles. The van der Waals surface area contributed by atoms with Gasteiger partial charge in [0.15, 0.2) is 23.0 Å². The van der Waals surface area contributed by atoms with Crippen LogP contribution in [0.5, 0.6) is 34.5 Å². The van der Waals surface area contributed by atoms with Crippen molar-refractivity contribution in [2.24, 2.45) is 4.99 Å². The summed E-state index contributed by atoms with van der Waals surface area (Å²) in [7, 11) is 0. The quantitative estimate of drug-likeness (QED) is 0.321. The van der Waals surface area contributed by atoms with Crippen LogP contribution in [0.1, 0.15) is 6.92 Å². The highest BCUT2D eigenvalue weighted by Crippen LogP contribution is 2.36. The SMILES string of the molecule is CC(=COc1ccc2c(c1)OCO2)C(=Nc1ccccc1)Oc1ccc2c(c1)OCO2.